The summed E-state index contributed by atoms with van der Waals surface area (Å²) in [7, 11) is 0. The van der Waals surface area contributed by atoms with Gasteiger partial charge in [-0.05, 0) is 38.5 Å². The molecule has 0 aliphatic carbocycles. The maximum absolute atomic E-state index is 12.5. The molecule has 1 N–H and O–H groups in total. The van der Waals surface area contributed by atoms with Crippen molar-refractivity contribution in [3.63, 3.8) is 0 Å². The summed E-state index contributed by atoms with van der Waals surface area (Å²) in [6.07, 6.45) is 32.5. The fraction of sp³-hybridized carbons (Fsp3) is 0.939. The molecule has 0 spiro atoms. The fourth-order valence-electron chi connectivity index (χ4n) is 5.13. The third kappa shape index (κ3) is 29.4. The van der Waals surface area contributed by atoms with E-state index in [2.05, 4.69) is 13.8 Å². The van der Waals surface area contributed by atoms with E-state index in [4.69, 9.17) is 9.84 Å². The monoisotopic (exact) mass is 524 g/mol. The molecule has 0 bridgehead atoms. The normalized spacial score (nSPS) is 12.1. The summed E-state index contributed by atoms with van der Waals surface area (Å²) in [5.41, 5.74) is 0. The zero-order valence-corrected chi connectivity index (χ0v) is 25.0. The number of hydrogen-bond donors (Lipinski definition) is 1. The van der Waals surface area contributed by atoms with Gasteiger partial charge in [-0.15, -0.1) is 0 Å². The maximum atomic E-state index is 12.5. The zero-order chi connectivity index (χ0) is 27.2. The summed E-state index contributed by atoms with van der Waals surface area (Å²) in [5, 5.41) is 8.75. The number of esters is 1. The quantitative estimate of drug-likeness (QED) is 0.0749. The third-order valence-electron chi connectivity index (χ3n) is 7.58. The molecule has 220 valence electrons. The lowest BCUT2D eigenvalue weighted by atomic mass is 10.0. The highest BCUT2D eigenvalue weighted by molar-refractivity contribution is 5.69. The second-order valence-electron chi connectivity index (χ2n) is 11.4. The van der Waals surface area contributed by atoms with Crippen molar-refractivity contribution in [3.05, 3.63) is 0 Å². The van der Waals surface area contributed by atoms with Crippen LogP contribution >= 0.6 is 0 Å². The zero-order valence-electron chi connectivity index (χ0n) is 25.0. The molecule has 0 amide bonds. The number of carboxylic acids is 1. The van der Waals surface area contributed by atoms with Gasteiger partial charge in [-0.25, -0.2) is 0 Å². The topological polar surface area (TPSA) is 63.6 Å². The van der Waals surface area contributed by atoms with Gasteiger partial charge >= 0.3 is 11.9 Å². The Morgan fingerprint density at radius 1 is 0.486 bits per heavy atom. The van der Waals surface area contributed by atoms with Gasteiger partial charge in [-0.2, -0.15) is 0 Å². The maximum Gasteiger partial charge on any atom is 0.306 e. The molecular weight excluding hydrogens is 460 g/mol. The van der Waals surface area contributed by atoms with Crippen LogP contribution < -0.4 is 0 Å². The minimum Gasteiger partial charge on any atom is -0.481 e. The predicted octanol–water partition coefficient (Wildman–Crippen LogP) is 10.9. The van der Waals surface area contributed by atoms with Crippen LogP contribution in [0.1, 0.15) is 194 Å². The van der Waals surface area contributed by atoms with Crippen molar-refractivity contribution in [2.75, 3.05) is 0 Å². The van der Waals surface area contributed by atoms with E-state index in [1.54, 1.807) is 0 Å². The molecule has 0 aromatic heterocycles. The smallest absolute Gasteiger partial charge is 0.306 e. The first kappa shape index (κ1) is 35.9. The second-order valence-corrected chi connectivity index (χ2v) is 11.4. The van der Waals surface area contributed by atoms with Crippen molar-refractivity contribution >= 4 is 11.9 Å². The predicted molar refractivity (Wildman–Crippen MR) is 158 cm³/mol. The van der Waals surface area contributed by atoms with Gasteiger partial charge in [0.25, 0.3) is 0 Å². The van der Waals surface area contributed by atoms with Crippen molar-refractivity contribution in [1.29, 1.82) is 0 Å². The van der Waals surface area contributed by atoms with Crippen LogP contribution in [0.25, 0.3) is 0 Å². The minimum atomic E-state index is -0.699. The summed E-state index contributed by atoms with van der Waals surface area (Å²) in [4.78, 5) is 23.1. The van der Waals surface area contributed by atoms with E-state index in [1.165, 1.54) is 103 Å². The molecule has 0 radical (unpaired) electrons. The number of rotatable bonds is 30. The highest BCUT2D eigenvalue weighted by Gasteiger charge is 2.14. The molecule has 0 fully saturated rings. The van der Waals surface area contributed by atoms with Crippen LogP contribution in [0, 0.1) is 0 Å². The number of aliphatic carboxylic acids is 1. The molecule has 4 nitrogen and oxygen atoms in total. The molecule has 0 saturated carbocycles. The molecule has 1 unspecified atom stereocenters. The molecule has 1 atom stereocenters. The molecule has 4 heteroatoms. The van der Waals surface area contributed by atoms with Gasteiger partial charge in [-0.3, -0.25) is 9.59 Å². The Balaban J connectivity index is 3.96. The van der Waals surface area contributed by atoms with Crippen molar-refractivity contribution in [2.45, 2.75) is 200 Å². The van der Waals surface area contributed by atoms with Crippen LogP contribution in [0.3, 0.4) is 0 Å². The van der Waals surface area contributed by atoms with E-state index in [1.807, 2.05) is 0 Å². The molecule has 0 aliphatic heterocycles. The Morgan fingerprint density at radius 2 is 0.811 bits per heavy atom. The van der Waals surface area contributed by atoms with Gasteiger partial charge in [0.05, 0.1) is 0 Å². The lowest BCUT2D eigenvalue weighted by Gasteiger charge is -2.18. The first-order chi connectivity index (χ1) is 18.1. The van der Waals surface area contributed by atoms with E-state index in [0.717, 1.165) is 64.2 Å². The molecule has 37 heavy (non-hydrogen) atoms. The summed E-state index contributed by atoms with van der Waals surface area (Å²) in [5.74, 6) is -0.698. The average molecular weight is 525 g/mol. The lowest BCUT2D eigenvalue weighted by Crippen LogP contribution is -2.18. The Morgan fingerprint density at radius 3 is 1.19 bits per heavy atom. The number of carboxylic acid groups (broad SMARTS) is 1. The molecule has 0 heterocycles. The first-order valence-electron chi connectivity index (χ1n) is 16.5. The number of hydrogen-bond acceptors (Lipinski definition) is 3. The van der Waals surface area contributed by atoms with E-state index in [9.17, 15) is 9.59 Å². The Labute approximate surface area is 231 Å². The van der Waals surface area contributed by atoms with Gasteiger partial charge in [0.1, 0.15) is 6.10 Å². The Bertz CT molecular complexity index is 491. The average Bonchev–Trinajstić information content (AvgIpc) is 2.87. The van der Waals surface area contributed by atoms with Crippen molar-refractivity contribution in [3.8, 4) is 0 Å². The number of unbranched alkanes of at least 4 members (excludes halogenated alkanes) is 21. The number of carbonyl (C=O) groups excluding carboxylic acids is 1. The van der Waals surface area contributed by atoms with E-state index < -0.39 is 5.97 Å². The van der Waals surface area contributed by atoms with E-state index >= 15 is 0 Å². The Hall–Kier alpha value is -1.06. The molecule has 0 saturated heterocycles. The van der Waals surface area contributed by atoms with Crippen LogP contribution in [-0.4, -0.2) is 23.1 Å². The van der Waals surface area contributed by atoms with Gasteiger partial charge in [-0.1, -0.05) is 142 Å². The molecule has 0 aromatic rings. The highest BCUT2D eigenvalue weighted by atomic mass is 16.5. The van der Waals surface area contributed by atoms with Crippen LogP contribution in [0.4, 0.5) is 0 Å². The largest absolute Gasteiger partial charge is 0.481 e. The number of ether oxygens (including phenoxy) is 1. The molecular formula is C33H64O4. The van der Waals surface area contributed by atoms with Crippen LogP contribution in [0.15, 0.2) is 0 Å². The summed E-state index contributed by atoms with van der Waals surface area (Å²) < 4.78 is 5.94. The fourth-order valence-corrected chi connectivity index (χ4v) is 5.13. The second kappa shape index (κ2) is 29.5. The van der Waals surface area contributed by atoms with Crippen molar-refractivity contribution in [2.24, 2.45) is 0 Å². The van der Waals surface area contributed by atoms with Crippen molar-refractivity contribution < 1.29 is 19.4 Å². The summed E-state index contributed by atoms with van der Waals surface area (Å²) >= 11 is 0. The lowest BCUT2D eigenvalue weighted by molar-refractivity contribution is -0.150. The number of carbonyl (C=O) groups is 2. The third-order valence-corrected chi connectivity index (χ3v) is 7.58. The van der Waals surface area contributed by atoms with Gasteiger partial charge < -0.3 is 9.84 Å². The minimum absolute atomic E-state index is 0.00137. The highest BCUT2D eigenvalue weighted by Crippen LogP contribution is 2.19. The van der Waals surface area contributed by atoms with Gasteiger partial charge in [0, 0.05) is 12.8 Å². The van der Waals surface area contributed by atoms with Crippen LogP contribution in [0.2, 0.25) is 0 Å². The summed E-state index contributed by atoms with van der Waals surface area (Å²) in [6.45, 7) is 4.52. The first-order valence-corrected chi connectivity index (χ1v) is 16.5. The molecule has 0 rings (SSSR count). The molecule has 0 aliphatic rings. The standard InChI is InChI=1S/C33H64O4/c1-3-5-7-9-11-12-13-14-15-17-22-26-30-33(36)37-31(27-23-19-16-10-8-6-4-2)28-24-20-18-21-25-29-32(34)35/h31H,3-30H2,1-2H3,(H,34,35). The van der Waals surface area contributed by atoms with E-state index in [-0.39, 0.29) is 18.5 Å². The SMILES string of the molecule is CCCCCCCCCCCCCCC(=O)OC(CCCCCCCCC)CCCCCCCC(=O)O. The van der Waals surface area contributed by atoms with Crippen LogP contribution in [-0.2, 0) is 14.3 Å². The Kier molecular flexibility index (Phi) is 28.7. The summed E-state index contributed by atoms with van der Waals surface area (Å²) in [6, 6.07) is 0. The van der Waals surface area contributed by atoms with Gasteiger partial charge in [0.15, 0.2) is 0 Å². The van der Waals surface area contributed by atoms with E-state index in [0.29, 0.717) is 6.42 Å². The van der Waals surface area contributed by atoms with Crippen LogP contribution in [0.5, 0.6) is 0 Å². The van der Waals surface area contributed by atoms with Crippen molar-refractivity contribution in [1.82, 2.24) is 0 Å². The van der Waals surface area contributed by atoms with Gasteiger partial charge in [0.2, 0.25) is 0 Å². The molecule has 0 aromatic carbocycles.